The Labute approximate surface area is 189 Å². The Hall–Kier alpha value is -2.51. The molecule has 170 valence electrons. The summed E-state index contributed by atoms with van der Waals surface area (Å²) in [5.74, 6) is 1.19. The lowest BCUT2D eigenvalue weighted by molar-refractivity contribution is -0.117. The van der Waals surface area contributed by atoms with E-state index in [0.717, 1.165) is 68.3 Å². The number of benzene rings is 1. The summed E-state index contributed by atoms with van der Waals surface area (Å²) in [6.45, 7) is 8.68. The first-order valence-corrected chi connectivity index (χ1v) is 11.8. The highest BCUT2D eigenvalue weighted by molar-refractivity contribution is 5.94. The number of fused-ring (bicyclic) bond motifs is 1. The monoisotopic (exact) mass is 437 g/mol. The van der Waals surface area contributed by atoms with Crippen molar-refractivity contribution in [3.05, 3.63) is 53.5 Å². The van der Waals surface area contributed by atoms with Crippen molar-refractivity contribution >= 4 is 17.4 Å². The van der Waals surface area contributed by atoms with Crippen LogP contribution < -0.4 is 15.5 Å². The van der Waals surface area contributed by atoms with Gasteiger partial charge in [-0.05, 0) is 49.1 Å². The maximum atomic E-state index is 14.3. The number of anilines is 2. The third-order valence-corrected chi connectivity index (χ3v) is 7.10. The fourth-order valence-corrected chi connectivity index (χ4v) is 5.44. The smallest absolute Gasteiger partial charge is 0.224 e. The molecule has 0 radical (unpaired) electrons. The van der Waals surface area contributed by atoms with E-state index in [9.17, 15) is 9.18 Å². The number of hydrogen-bond donors (Lipinski definition) is 2. The van der Waals surface area contributed by atoms with Crippen LogP contribution in [0.1, 0.15) is 44.0 Å². The van der Waals surface area contributed by atoms with Crippen molar-refractivity contribution in [3.8, 4) is 0 Å². The van der Waals surface area contributed by atoms with E-state index in [2.05, 4.69) is 28.5 Å². The third kappa shape index (κ3) is 4.24. The molecule has 1 saturated carbocycles. The highest BCUT2D eigenvalue weighted by Crippen LogP contribution is 2.50. The Morgan fingerprint density at radius 2 is 2.00 bits per heavy atom. The first-order chi connectivity index (χ1) is 15.5. The minimum absolute atomic E-state index is 0.0243. The number of halogens is 1. The van der Waals surface area contributed by atoms with Gasteiger partial charge in [0.25, 0.3) is 0 Å². The van der Waals surface area contributed by atoms with Crippen LogP contribution in [-0.4, -0.2) is 48.0 Å². The second kappa shape index (κ2) is 8.79. The summed E-state index contributed by atoms with van der Waals surface area (Å²) in [6.07, 6.45) is 2.28. The number of aromatic nitrogens is 1. The predicted octanol–water partition coefficient (Wildman–Crippen LogP) is 3.56. The molecule has 0 bridgehead atoms. The van der Waals surface area contributed by atoms with Gasteiger partial charge < -0.3 is 15.5 Å². The molecule has 1 amide bonds. The fourth-order valence-electron chi connectivity index (χ4n) is 5.44. The second-order valence-corrected chi connectivity index (χ2v) is 9.44. The number of carbonyl (C=O) groups excluding carboxylic acids is 1. The number of nitrogens with one attached hydrogen (secondary N) is 2. The molecule has 1 aliphatic carbocycles. The maximum Gasteiger partial charge on any atom is 0.224 e. The molecule has 1 saturated heterocycles. The summed E-state index contributed by atoms with van der Waals surface area (Å²) in [5, 5.41) is 7.00. The predicted molar refractivity (Wildman–Crippen MR) is 124 cm³/mol. The largest absolute Gasteiger partial charge is 0.363 e. The van der Waals surface area contributed by atoms with Crippen molar-refractivity contribution in [1.82, 2.24) is 15.2 Å². The van der Waals surface area contributed by atoms with Crippen molar-refractivity contribution in [2.24, 2.45) is 11.8 Å². The van der Waals surface area contributed by atoms with Crippen LogP contribution in [0.15, 0.2) is 36.4 Å². The minimum atomic E-state index is -0.281. The molecule has 2 aliphatic heterocycles. The summed E-state index contributed by atoms with van der Waals surface area (Å²) >= 11 is 0. The van der Waals surface area contributed by atoms with Gasteiger partial charge in [-0.15, -0.1) is 0 Å². The van der Waals surface area contributed by atoms with E-state index in [-0.39, 0.29) is 29.7 Å². The van der Waals surface area contributed by atoms with Crippen LogP contribution in [-0.2, 0) is 11.3 Å². The van der Waals surface area contributed by atoms with Gasteiger partial charge in [0, 0.05) is 62.9 Å². The Kier molecular flexibility index (Phi) is 5.86. The zero-order valence-corrected chi connectivity index (χ0v) is 18.9. The molecule has 7 heteroatoms. The molecule has 0 unspecified atom stereocenters. The first kappa shape index (κ1) is 21.3. The Bertz CT molecular complexity index is 988. The molecule has 5 rings (SSSR count). The summed E-state index contributed by atoms with van der Waals surface area (Å²) in [5.41, 5.74) is 2.69. The summed E-state index contributed by atoms with van der Waals surface area (Å²) in [7, 11) is 0. The number of carbonyl (C=O) groups is 1. The van der Waals surface area contributed by atoms with E-state index < -0.39 is 0 Å². The van der Waals surface area contributed by atoms with E-state index in [1.54, 1.807) is 19.1 Å². The van der Waals surface area contributed by atoms with Crippen LogP contribution >= 0.6 is 0 Å². The molecule has 32 heavy (non-hydrogen) atoms. The van der Waals surface area contributed by atoms with Crippen molar-refractivity contribution in [2.45, 2.75) is 45.3 Å². The van der Waals surface area contributed by atoms with E-state index in [4.69, 9.17) is 4.98 Å². The lowest BCUT2D eigenvalue weighted by Gasteiger charge is -2.45. The highest BCUT2D eigenvalue weighted by atomic mass is 19.1. The lowest BCUT2D eigenvalue weighted by Crippen LogP contribution is -2.51. The van der Waals surface area contributed by atoms with Gasteiger partial charge in [0.05, 0.1) is 11.7 Å². The van der Waals surface area contributed by atoms with E-state index >= 15 is 0 Å². The van der Waals surface area contributed by atoms with Gasteiger partial charge >= 0.3 is 0 Å². The standard InChI is InChI=1S/C25H32FN5O/c1-16-24(29-23-5-3-4-20(28-23)15-30-12-10-27-11-13-30)21-14-19(26)8-9-22(21)31(17(2)32)25(16)18-6-7-18/h3-5,8-9,14,16,18,24-25,27H,6-7,10-13,15H2,1-2H3,(H,28,29)/t16-,24-,25-/m1/s1. The fraction of sp³-hybridized carbons (Fsp3) is 0.520. The SMILES string of the molecule is CC(=O)N1c2ccc(F)cc2[C@H](Nc2cccc(CN3CCNCC3)n2)[C@@H](C)[C@@H]1C1CC1. The van der Waals surface area contributed by atoms with Gasteiger partial charge in [-0.3, -0.25) is 9.69 Å². The second-order valence-electron chi connectivity index (χ2n) is 9.44. The van der Waals surface area contributed by atoms with E-state index in [1.807, 2.05) is 17.0 Å². The zero-order chi connectivity index (χ0) is 22.2. The zero-order valence-electron chi connectivity index (χ0n) is 18.9. The third-order valence-electron chi connectivity index (χ3n) is 7.10. The summed E-state index contributed by atoms with van der Waals surface area (Å²) < 4.78 is 14.3. The van der Waals surface area contributed by atoms with Crippen LogP contribution in [0.5, 0.6) is 0 Å². The molecule has 2 fully saturated rings. The van der Waals surface area contributed by atoms with Gasteiger partial charge in [-0.2, -0.15) is 0 Å². The van der Waals surface area contributed by atoms with Gasteiger partial charge in [0.2, 0.25) is 5.91 Å². The van der Waals surface area contributed by atoms with Crippen LogP contribution in [0.3, 0.4) is 0 Å². The van der Waals surface area contributed by atoms with Crippen LogP contribution in [0.25, 0.3) is 0 Å². The molecule has 3 atom stereocenters. The quantitative estimate of drug-likeness (QED) is 0.749. The lowest BCUT2D eigenvalue weighted by atomic mass is 9.80. The summed E-state index contributed by atoms with van der Waals surface area (Å²) in [4.78, 5) is 21.8. The highest BCUT2D eigenvalue weighted by Gasteiger charge is 2.47. The van der Waals surface area contributed by atoms with Gasteiger partial charge in [-0.1, -0.05) is 13.0 Å². The van der Waals surface area contributed by atoms with Gasteiger partial charge in [0.15, 0.2) is 0 Å². The normalized spacial score (nSPS) is 26.0. The molecule has 6 nitrogen and oxygen atoms in total. The van der Waals surface area contributed by atoms with Gasteiger partial charge in [0.1, 0.15) is 11.6 Å². The average molecular weight is 438 g/mol. The number of rotatable bonds is 5. The average Bonchev–Trinajstić information content (AvgIpc) is 3.61. The Morgan fingerprint density at radius 3 is 2.72 bits per heavy atom. The molecule has 1 aromatic carbocycles. The van der Waals surface area contributed by atoms with E-state index in [1.165, 1.54) is 6.07 Å². The maximum absolute atomic E-state index is 14.3. The molecule has 2 aromatic rings. The number of pyridine rings is 1. The number of amides is 1. The molecule has 2 N–H and O–H groups in total. The van der Waals surface area contributed by atoms with E-state index in [0.29, 0.717) is 5.92 Å². The molecule has 1 aromatic heterocycles. The molecule has 0 spiro atoms. The number of nitrogens with zero attached hydrogens (tertiary/aromatic N) is 3. The number of hydrogen-bond acceptors (Lipinski definition) is 5. The van der Waals surface area contributed by atoms with Crippen molar-refractivity contribution in [1.29, 1.82) is 0 Å². The van der Waals surface area contributed by atoms with Crippen LogP contribution in [0.4, 0.5) is 15.9 Å². The van der Waals surface area contributed by atoms with Crippen LogP contribution in [0.2, 0.25) is 0 Å². The topological polar surface area (TPSA) is 60.5 Å². The minimum Gasteiger partial charge on any atom is -0.363 e. The number of piperazine rings is 1. The Morgan fingerprint density at radius 1 is 1.22 bits per heavy atom. The summed E-state index contributed by atoms with van der Waals surface area (Å²) in [6, 6.07) is 10.9. The van der Waals surface area contributed by atoms with Crippen molar-refractivity contribution in [3.63, 3.8) is 0 Å². The van der Waals surface area contributed by atoms with Gasteiger partial charge in [-0.25, -0.2) is 9.37 Å². The van der Waals surface area contributed by atoms with Crippen molar-refractivity contribution < 1.29 is 9.18 Å². The molecular formula is C25H32FN5O. The van der Waals surface area contributed by atoms with Crippen LogP contribution in [0, 0.1) is 17.7 Å². The Balaban J connectivity index is 1.45. The molecular weight excluding hydrogens is 405 g/mol. The molecule has 3 aliphatic rings. The first-order valence-electron chi connectivity index (χ1n) is 11.8. The molecule has 3 heterocycles. The van der Waals surface area contributed by atoms with Crippen molar-refractivity contribution in [2.75, 3.05) is 36.4 Å².